The predicted molar refractivity (Wildman–Crippen MR) is 78.8 cm³/mol. The topological polar surface area (TPSA) is 139 Å². The molecule has 116 valence electrons. The van der Waals surface area contributed by atoms with Crippen LogP contribution in [0.5, 0.6) is 0 Å². The summed E-state index contributed by atoms with van der Waals surface area (Å²) in [6, 6.07) is 0. The van der Waals surface area contributed by atoms with Gasteiger partial charge in [-0.05, 0) is 18.2 Å². The average molecular weight is 297 g/mol. The molecule has 0 unspecified atom stereocenters. The largest absolute Gasteiger partial charge is 0.478 e. The Bertz CT molecular complexity index is 378. The number of carboxylic acids is 1. The number of carbonyl (C=O) groups is 4. The third kappa shape index (κ3) is 31.6. The highest BCUT2D eigenvalue weighted by atomic mass is 16.4. The van der Waals surface area contributed by atoms with E-state index in [4.69, 9.17) is 5.11 Å². The Balaban J connectivity index is -0.000000270. The molecule has 0 aliphatic carbocycles. The summed E-state index contributed by atoms with van der Waals surface area (Å²) in [7, 11) is 0. The second kappa shape index (κ2) is 16.8. The summed E-state index contributed by atoms with van der Waals surface area (Å²) >= 11 is 0. The van der Waals surface area contributed by atoms with Gasteiger partial charge in [0.15, 0.2) is 0 Å². The predicted octanol–water partition coefficient (Wildman–Crippen LogP) is -0.537. The van der Waals surface area contributed by atoms with Crippen LogP contribution in [0.15, 0.2) is 50.6 Å². The Labute approximate surface area is 122 Å². The van der Waals surface area contributed by atoms with Crippen LogP contribution < -0.4 is 16.4 Å². The molecule has 0 saturated carbocycles. The third-order valence-electron chi connectivity index (χ3n) is 1.27. The van der Waals surface area contributed by atoms with E-state index in [0.717, 1.165) is 24.3 Å². The molecule has 0 bridgehead atoms. The first kappa shape index (κ1) is 23.0. The fraction of sp³-hybridized carbons (Fsp3) is 0.0769. The molecule has 0 aromatic rings. The van der Waals surface area contributed by atoms with Gasteiger partial charge in [0.2, 0.25) is 17.7 Å². The van der Waals surface area contributed by atoms with Crippen LogP contribution >= 0.6 is 0 Å². The van der Waals surface area contributed by atoms with E-state index in [1.165, 1.54) is 0 Å². The van der Waals surface area contributed by atoms with E-state index in [1.54, 1.807) is 0 Å². The van der Waals surface area contributed by atoms with Crippen molar-refractivity contribution in [3.63, 3.8) is 0 Å². The summed E-state index contributed by atoms with van der Waals surface area (Å²) in [5, 5.41) is 12.3. The fourth-order valence-electron chi connectivity index (χ4n) is 0.363. The monoisotopic (exact) mass is 297 g/mol. The zero-order valence-corrected chi connectivity index (χ0v) is 11.5. The molecule has 0 aromatic carbocycles. The molecule has 0 rings (SSSR count). The number of carboxylic acid groups (broad SMARTS) is 1. The summed E-state index contributed by atoms with van der Waals surface area (Å²) in [5.74, 6) is -2.11. The summed E-state index contributed by atoms with van der Waals surface area (Å²) < 4.78 is 0. The number of aliphatic carboxylic acids is 1. The van der Waals surface area contributed by atoms with Gasteiger partial charge in [0.05, 0.1) is 6.67 Å². The minimum absolute atomic E-state index is 0.0930. The van der Waals surface area contributed by atoms with Crippen LogP contribution in [-0.2, 0) is 19.2 Å². The standard InChI is InChI=1S/C7H10N2O2.C3H5NO.C3H4O2/c1-3-6(10)8-5-9-7(11)4-2;2*1-2-3(4)5/h3-4H,1-2,5H2,(H,8,10)(H,9,11);2H,1H2,(H2,4,5);2H,1H2,(H,4,5). The van der Waals surface area contributed by atoms with Gasteiger partial charge >= 0.3 is 5.97 Å². The van der Waals surface area contributed by atoms with Crippen LogP contribution in [0.2, 0.25) is 0 Å². The maximum absolute atomic E-state index is 10.5. The first-order chi connectivity index (χ1) is 9.74. The van der Waals surface area contributed by atoms with Gasteiger partial charge in [0.1, 0.15) is 0 Å². The highest BCUT2D eigenvalue weighted by molar-refractivity contribution is 5.89. The molecule has 0 heterocycles. The van der Waals surface area contributed by atoms with E-state index in [-0.39, 0.29) is 18.5 Å². The molecule has 0 atom stereocenters. The van der Waals surface area contributed by atoms with Crippen molar-refractivity contribution in [2.24, 2.45) is 5.73 Å². The lowest BCUT2D eigenvalue weighted by atomic mass is 10.5. The number of nitrogens with two attached hydrogens (primary N) is 1. The van der Waals surface area contributed by atoms with E-state index in [1.807, 2.05) is 0 Å². The second-order valence-electron chi connectivity index (χ2n) is 2.82. The molecule has 0 aliphatic heterocycles. The number of amides is 3. The van der Waals surface area contributed by atoms with Crippen LogP contribution in [0.1, 0.15) is 0 Å². The molecule has 3 amide bonds. The zero-order chi connectivity index (χ0) is 17.3. The lowest BCUT2D eigenvalue weighted by Crippen LogP contribution is -2.35. The normalized spacial score (nSPS) is 7.24. The number of rotatable bonds is 6. The van der Waals surface area contributed by atoms with E-state index in [2.05, 4.69) is 42.7 Å². The van der Waals surface area contributed by atoms with Crippen LogP contribution in [0.4, 0.5) is 0 Å². The van der Waals surface area contributed by atoms with E-state index in [0.29, 0.717) is 0 Å². The van der Waals surface area contributed by atoms with Crippen LogP contribution in [0.3, 0.4) is 0 Å². The maximum Gasteiger partial charge on any atom is 0.327 e. The van der Waals surface area contributed by atoms with Crippen molar-refractivity contribution in [3.05, 3.63) is 50.6 Å². The fourth-order valence-corrected chi connectivity index (χ4v) is 0.363. The average Bonchev–Trinajstić information content (AvgIpc) is 2.47. The first-order valence-electron chi connectivity index (χ1n) is 5.32. The van der Waals surface area contributed by atoms with Crippen molar-refractivity contribution in [2.75, 3.05) is 6.67 Å². The van der Waals surface area contributed by atoms with Gasteiger partial charge in [-0.25, -0.2) is 4.79 Å². The van der Waals surface area contributed by atoms with Crippen molar-refractivity contribution in [2.45, 2.75) is 0 Å². The first-order valence-corrected chi connectivity index (χ1v) is 5.32. The SMILES string of the molecule is C=CC(=O)NCNC(=O)C=C.C=CC(=O)O.C=CC(N)=O. The summed E-state index contributed by atoms with van der Waals surface area (Å²) in [5.41, 5.74) is 4.53. The number of nitrogens with one attached hydrogen (secondary N) is 2. The van der Waals surface area contributed by atoms with Gasteiger partial charge in [-0.1, -0.05) is 26.3 Å². The van der Waals surface area contributed by atoms with Crippen LogP contribution in [-0.4, -0.2) is 35.5 Å². The van der Waals surface area contributed by atoms with Crippen molar-refractivity contribution in [1.29, 1.82) is 0 Å². The number of primary amides is 1. The van der Waals surface area contributed by atoms with Crippen molar-refractivity contribution < 1.29 is 24.3 Å². The van der Waals surface area contributed by atoms with Gasteiger partial charge < -0.3 is 21.5 Å². The lowest BCUT2D eigenvalue weighted by molar-refractivity contribution is -0.131. The smallest absolute Gasteiger partial charge is 0.327 e. The Morgan fingerprint density at radius 2 is 1.14 bits per heavy atom. The molecular weight excluding hydrogens is 278 g/mol. The minimum atomic E-state index is -0.981. The summed E-state index contributed by atoms with van der Waals surface area (Å²) in [4.78, 5) is 39.7. The highest BCUT2D eigenvalue weighted by Crippen LogP contribution is 1.65. The number of hydrogen-bond acceptors (Lipinski definition) is 4. The molecule has 0 radical (unpaired) electrons. The van der Waals surface area contributed by atoms with Crippen molar-refractivity contribution in [1.82, 2.24) is 10.6 Å². The molecule has 8 heteroatoms. The van der Waals surface area contributed by atoms with Gasteiger partial charge in [-0.3, -0.25) is 14.4 Å². The molecule has 8 nitrogen and oxygen atoms in total. The summed E-state index contributed by atoms with van der Waals surface area (Å²) in [6.45, 7) is 12.6. The molecule has 0 spiro atoms. The molecule has 0 aliphatic rings. The zero-order valence-electron chi connectivity index (χ0n) is 11.5. The Hall–Kier alpha value is -3.16. The molecule has 0 saturated heterocycles. The molecule has 5 N–H and O–H groups in total. The lowest BCUT2D eigenvalue weighted by Gasteiger charge is -2.01. The Morgan fingerprint density at radius 3 is 1.29 bits per heavy atom. The molecule has 0 fully saturated rings. The highest BCUT2D eigenvalue weighted by Gasteiger charge is 1.93. The van der Waals surface area contributed by atoms with Gasteiger partial charge in [-0.15, -0.1) is 0 Å². The Morgan fingerprint density at radius 1 is 0.857 bits per heavy atom. The molecule has 21 heavy (non-hydrogen) atoms. The van der Waals surface area contributed by atoms with Gasteiger partial charge in [0, 0.05) is 6.08 Å². The van der Waals surface area contributed by atoms with E-state index >= 15 is 0 Å². The number of hydrogen-bond donors (Lipinski definition) is 4. The number of carbonyl (C=O) groups excluding carboxylic acids is 3. The van der Waals surface area contributed by atoms with Crippen LogP contribution in [0, 0.1) is 0 Å². The summed E-state index contributed by atoms with van der Waals surface area (Å²) in [6.07, 6.45) is 4.14. The second-order valence-corrected chi connectivity index (χ2v) is 2.82. The van der Waals surface area contributed by atoms with E-state index < -0.39 is 11.9 Å². The van der Waals surface area contributed by atoms with Gasteiger partial charge in [-0.2, -0.15) is 0 Å². The quantitative estimate of drug-likeness (QED) is 0.385. The minimum Gasteiger partial charge on any atom is -0.478 e. The Kier molecular flexibility index (Phi) is 18.4. The van der Waals surface area contributed by atoms with Gasteiger partial charge in [0.25, 0.3) is 0 Å². The van der Waals surface area contributed by atoms with Crippen molar-refractivity contribution in [3.8, 4) is 0 Å². The third-order valence-corrected chi connectivity index (χ3v) is 1.27. The maximum atomic E-state index is 10.5. The van der Waals surface area contributed by atoms with Crippen LogP contribution in [0.25, 0.3) is 0 Å². The molecule has 0 aromatic heterocycles. The van der Waals surface area contributed by atoms with Crippen molar-refractivity contribution >= 4 is 23.7 Å². The van der Waals surface area contributed by atoms with E-state index in [9.17, 15) is 19.2 Å². The molecular formula is C13H19N3O5.